The summed E-state index contributed by atoms with van der Waals surface area (Å²) in [4.78, 5) is 2.66. The lowest BCUT2D eigenvalue weighted by molar-refractivity contribution is 0.255. The van der Waals surface area contributed by atoms with E-state index < -0.39 is 0 Å². The van der Waals surface area contributed by atoms with Crippen molar-refractivity contribution in [1.82, 2.24) is 10.2 Å². The van der Waals surface area contributed by atoms with E-state index in [1.165, 1.54) is 24.9 Å². The number of hydrogen-bond donors (Lipinski definition) is 1. The highest BCUT2D eigenvalue weighted by Gasteiger charge is 2.26. The molecule has 1 aromatic rings. The van der Waals surface area contributed by atoms with Crippen LogP contribution in [-0.4, -0.2) is 24.0 Å². The maximum atomic E-state index is 3.46. The fourth-order valence-electron chi connectivity index (χ4n) is 3.58. The van der Waals surface area contributed by atoms with Gasteiger partial charge in [-0.2, -0.15) is 0 Å². The summed E-state index contributed by atoms with van der Waals surface area (Å²) in [5.41, 5.74) is 4.69. The Morgan fingerprint density at radius 2 is 2.22 bits per heavy atom. The Morgan fingerprint density at radius 1 is 1.33 bits per heavy atom. The zero-order chi connectivity index (χ0) is 12.5. The molecule has 2 nitrogen and oxygen atoms in total. The van der Waals surface area contributed by atoms with Crippen molar-refractivity contribution in [3.05, 3.63) is 34.9 Å². The van der Waals surface area contributed by atoms with Crippen molar-refractivity contribution < 1.29 is 0 Å². The Labute approximate surface area is 110 Å². The summed E-state index contributed by atoms with van der Waals surface area (Å²) in [6.07, 6.45) is 2.56. The first-order valence-corrected chi connectivity index (χ1v) is 7.28. The molecule has 98 valence electrons. The third-order valence-corrected chi connectivity index (χ3v) is 4.52. The zero-order valence-corrected chi connectivity index (χ0v) is 11.6. The van der Waals surface area contributed by atoms with Crippen molar-refractivity contribution in [2.24, 2.45) is 5.92 Å². The zero-order valence-electron chi connectivity index (χ0n) is 11.6. The van der Waals surface area contributed by atoms with E-state index in [-0.39, 0.29) is 0 Å². The van der Waals surface area contributed by atoms with Crippen LogP contribution in [0, 0.1) is 5.92 Å². The predicted molar refractivity (Wildman–Crippen MR) is 75.5 cm³/mol. The number of fused-ring (bicyclic) bond motifs is 1. The molecule has 1 saturated heterocycles. The fraction of sp³-hybridized carbons (Fsp3) is 0.625. The van der Waals surface area contributed by atoms with Crippen LogP contribution in [0.15, 0.2) is 18.2 Å². The molecule has 1 N–H and O–H groups in total. The van der Waals surface area contributed by atoms with Crippen molar-refractivity contribution >= 4 is 0 Å². The van der Waals surface area contributed by atoms with Gasteiger partial charge < -0.3 is 5.32 Å². The third-order valence-electron chi connectivity index (χ3n) is 4.52. The van der Waals surface area contributed by atoms with Crippen LogP contribution >= 0.6 is 0 Å². The van der Waals surface area contributed by atoms with E-state index in [4.69, 9.17) is 0 Å². The molecule has 2 aliphatic heterocycles. The van der Waals surface area contributed by atoms with Crippen LogP contribution in [0.1, 0.15) is 37.0 Å². The number of hydrogen-bond acceptors (Lipinski definition) is 2. The molecule has 0 aliphatic carbocycles. The lowest BCUT2D eigenvalue weighted by atomic mass is 9.95. The van der Waals surface area contributed by atoms with Crippen LogP contribution in [0.5, 0.6) is 0 Å². The van der Waals surface area contributed by atoms with E-state index >= 15 is 0 Å². The maximum absolute atomic E-state index is 3.46. The first kappa shape index (κ1) is 12.2. The molecule has 0 spiro atoms. The monoisotopic (exact) mass is 244 g/mol. The summed E-state index contributed by atoms with van der Waals surface area (Å²) in [6, 6.07) is 7.59. The Balaban J connectivity index is 1.80. The molecular formula is C16H24N2. The second-order valence-electron chi connectivity index (χ2n) is 6.10. The first-order valence-electron chi connectivity index (χ1n) is 7.28. The van der Waals surface area contributed by atoms with Gasteiger partial charge >= 0.3 is 0 Å². The molecule has 3 rings (SSSR count). The Morgan fingerprint density at radius 3 is 3.00 bits per heavy atom. The van der Waals surface area contributed by atoms with Crippen molar-refractivity contribution in [3.63, 3.8) is 0 Å². The van der Waals surface area contributed by atoms with E-state index in [0.29, 0.717) is 0 Å². The number of likely N-dealkylation sites (tertiary alicyclic amines) is 1. The lowest BCUT2D eigenvalue weighted by Gasteiger charge is -2.25. The minimum atomic E-state index is 0.748. The maximum Gasteiger partial charge on any atom is 0.0239 e. The molecule has 2 atom stereocenters. The minimum Gasteiger partial charge on any atom is -0.312 e. The van der Waals surface area contributed by atoms with Crippen LogP contribution in [0.25, 0.3) is 0 Å². The average molecular weight is 244 g/mol. The molecule has 18 heavy (non-hydrogen) atoms. The molecule has 0 aromatic heterocycles. The first-order chi connectivity index (χ1) is 8.74. The average Bonchev–Trinajstić information content (AvgIpc) is 2.68. The van der Waals surface area contributed by atoms with Crippen LogP contribution in [0.2, 0.25) is 0 Å². The van der Waals surface area contributed by atoms with Gasteiger partial charge in [-0.05, 0) is 48.9 Å². The summed E-state index contributed by atoms with van der Waals surface area (Å²) in [5, 5.41) is 3.46. The lowest BCUT2D eigenvalue weighted by Crippen LogP contribution is -2.29. The Kier molecular flexibility index (Phi) is 3.40. The smallest absolute Gasteiger partial charge is 0.0239 e. The van der Waals surface area contributed by atoms with E-state index in [1.54, 1.807) is 11.1 Å². The second kappa shape index (κ2) is 5.02. The molecule has 2 heteroatoms. The van der Waals surface area contributed by atoms with E-state index in [9.17, 15) is 0 Å². The predicted octanol–water partition coefficient (Wildman–Crippen LogP) is 2.56. The number of benzene rings is 1. The quantitative estimate of drug-likeness (QED) is 0.860. The molecule has 1 fully saturated rings. The van der Waals surface area contributed by atoms with Gasteiger partial charge in [0.05, 0.1) is 0 Å². The van der Waals surface area contributed by atoms with Crippen molar-refractivity contribution in [1.29, 1.82) is 0 Å². The molecule has 2 heterocycles. The SMILES string of the molecule is CC1CC(C)N(Cc2cccc3c2CCNC3)C1. The van der Waals surface area contributed by atoms with Gasteiger partial charge in [0, 0.05) is 25.7 Å². The molecule has 0 amide bonds. The van der Waals surface area contributed by atoms with Gasteiger partial charge in [0.2, 0.25) is 0 Å². The van der Waals surface area contributed by atoms with Crippen LogP contribution < -0.4 is 5.32 Å². The molecule has 0 saturated carbocycles. The summed E-state index contributed by atoms with van der Waals surface area (Å²) in [6.45, 7) is 9.35. The van der Waals surface area contributed by atoms with Gasteiger partial charge in [0.1, 0.15) is 0 Å². The van der Waals surface area contributed by atoms with Gasteiger partial charge in [-0.3, -0.25) is 4.90 Å². The van der Waals surface area contributed by atoms with Gasteiger partial charge in [-0.1, -0.05) is 25.1 Å². The van der Waals surface area contributed by atoms with Crippen molar-refractivity contribution in [2.45, 2.75) is 45.8 Å². The largest absolute Gasteiger partial charge is 0.312 e. The van der Waals surface area contributed by atoms with Crippen molar-refractivity contribution in [3.8, 4) is 0 Å². The van der Waals surface area contributed by atoms with Gasteiger partial charge in [0.25, 0.3) is 0 Å². The number of nitrogens with zero attached hydrogens (tertiary/aromatic N) is 1. The summed E-state index contributed by atoms with van der Waals surface area (Å²) < 4.78 is 0. The minimum absolute atomic E-state index is 0.748. The van der Waals surface area contributed by atoms with E-state index in [2.05, 4.69) is 42.3 Å². The Hall–Kier alpha value is -0.860. The normalized spacial score (nSPS) is 28.3. The van der Waals surface area contributed by atoms with Crippen LogP contribution in [0.4, 0.5) is 0 Å². The molecule has 0 radical (unpaired) electrons. The summed E-state index contributed by atoms with van der Waals surface area (Å²) >= 11 is 0. The Bertz CT molecular complexity index is 427. The van der Waals surface area contributed by atoms with Gasteiger partial charge in [-0.15, -0.1) is 0 Å². The topological polar surface area (TPSA) is 15.3 Å². The van der Waals surface area contributed by atoms with Crippen LogP contribution in [-0.2, 0) is 19.5 Å². The highest BCUT2D eigenvalue weighted by atomic mass is 15.2. The molecule has 1 aromatic carbocycles. The fourth-order valence-corrected chi connectivity index (χ4v) is 3.58. The molecule has 0 bridgehead atoms. The third kappa shape index (κ3) is 2.32. The summed E-state index contributed by atoms with van der Waals surface area (Å²) in [5.74, 6) is 0.862. The molecule has 2 unspecified atom stereocenters. The molecular weight excluding hydrogens is 220 g/mol. The standard InChI is InChI=1S/C16H24N2/c1-12-8-13(2)18(10-12)11-15-5-3-4-14-9-17-7-6-16(14)15/h3-5,12-13,17H,6-11H2,1-2H3. The van der Waals surface area contributed by atoms with Crippen LogP contribution in [0.3, 0.4) is 0 Å². The van der Waals surface area contributed by atoms with Gasteiger partial charge in [-0.25, -0.2) is 0 Å². The van der Waals surface area contributed by atoms with Crippen molar-refractivity contribution in [2.75, 3.05) is 13.1 Å². The van der Waals surface area contributed by atoms with E-state index in [1.807, 2.05) is 0 Å². The number of rotatable bonds is 2. The highest BCUT2D eigenvalue weighted by Crippen LogP contribution is 2.27. The summed E-state index contributed by atoms with van der Waals surface area (Å²) in [7, 11) is 0. The molecule has 2 aliphatic rings. The van der Waals surface area contributed by atoms with E-state index in [0.717, 1.165) is 31.6 Å². The van der Waals surface area contributed by atoms with Gasteiger partial charge in [0.15, 0.2) is 0 Å². The number of nitrogens with one attached hydrogen (secondary N) is 1. The highest BCUT2D eigenvalue weighted by molar-refractivity contribution is 5.37. The second-order valence-corrected chi connectivity index (χ2v) is 6.10.